The minimum Gasteiger partial charge on any atom is -0.464 e. The molecule has 1 amide bonds. The molecule has 5 heteroatoms. The summed E-state index contributed by atoms with van der Waals surface area (Å²) in [4.78, 5) is 24.5. The topological polar surface area (TPSA) is 55.8 Å². The van der Waals surface area contributed by atoms with Gasteiger partial charge in [-0.2, -0.15) is 0 Å². The van der Waals surface area contributed by atoms with Crippen molar-refractivity contribution in [3.05, 3.63) is 0 Å². The van der Waals surface area contributed by atoms with Crippen molar-refractivity contribution in [2.75, 3.05) is 26.8 Å². The van der Waals surface area contributed by atoms with Crippen LogP contribution in [0.4, 0.5) is 4.79 Å². The standard InChI is InChI=1S/C18H35NO4/c1-4-6-8-9-10-11-12-13-15-22-17(20)16-19(3)18(21)23-14-7-5-2/h4-16H2,1-3H3. The molecule has 0 heterocycles. The van der Waals surface area contributed by atoms with Crippen molar-refractivity contribution in [1.29, 1.82) is 0 Å². The Morgan fingerprint density at radius 3 is 1.87 bits per heavy atom. The normalized spacial score (nSPS) is 10.4. The van der Waals surface area contributed by atoms with Crippen LogP contribution in [0, 0.1) is 0 Å². The van der Waals surface area contributed by atoms with E-state index >= 15 is 0 Å². The molecule has 0 aliphatic rings. The van der Waals surface area contributed by atoms with Crippen LogP contribution in [0.1, 0.15) is 78.1 Å². The van der Waals surface area contributed by atoms with Gasteiger partial charge in [0.25, 0.3) is 0 Å². The minimum absolute atomic E-state index is 0.0536. The van der Waals surface area contributed by atoms with E-state index < -0.39 is 6.09 Å². The maximum absolute atomic E-state index is 11.6. The molecule has 0 aromatic heterocycles. The van der Waals surface area contributed by atoms with Crippen LogP contribution in [-0.2, 0) is 14.3 Å². The second-order valence-electron chi connectivity index (χ2n) is 6.02. The number of ether oxygens (including phenoxy) is 2. The Morgan fingerprint density at radius 2 is 1.26 bits per heavy atom. The Morgan fingerprint density at radius 1 is 0.739 bits per heavy atom. The predicted octanol–water partition coefficient (Wildman–Crippen LogP) is 4.54. The van der Waals surface area contributed by atoms with E-state index in [0.717, 1.165) is 25.7 Å². The molecule has 0 saturated heterocycles. The number of rotatable bonds is 14. The first-order valence-corrected chi connectivity index (χ1v) is 9.15. The zero-order valence-corrected chi connectivity index (χ0v) is 15.3. The molecule has 136 valence electrons. The second kappa shape index (κ2) is 15.6. The van der Waals surface area contributed by atoms with Crippen LogP contribution in [0.15, 0.2) is 0 Å². The molecule has 0 saturated carbocycles. The van der Waals surface area contributed by atoms with Gasteiger partial charge in [0.1, 0.15) is 6.54 Å². The quantitative estimate of drug-likeness (QED) is 0.347. The molecule has 0 spiro atoms. The summed E-state index contributed by atoms with van der Waals surface area (Å²) in [6, 6.07) is 0. The van der Waals surface area contributed by atoms with Crippen LogP contribution in [-0.4, -0.2) is 43.8 Å². The van der Waals surface area contributed by atoms with E-state index in [2.05, 4.69) is 6.92 Å². The van der Waals surface area contributed by atoms with Crippen LogP contribution < -0.4 is 0 Å². The first kappa shape index (κ1) is 21.7. The van der Waals surface area contributed by atoms with Crippen LogP contribution >= 0.6 is 0 Å². The van der Waals surface area contributed by atoms with Gasteiger partial charge in [-0.1, -0.05) is 65.2 Å². The van der Waals surface area contributed by atoms with Gasteiger partial charge in [0.15, 0.2) is 0 Å². The van der Waals surface area contributed by atoms with E-state index in [1.54, 1.807) is 7.05 Å². The molecular weight excluding hydrogens is 294 g/mol. The molecule has 0 bridgehead atoms. The number of unbranched alkanes of at least 4 members (excludes halogenated alkanes) is 8. The van der Waals surface area contributed by atoms with Crippen molar-refractivity contribution in [2.45, 2.75) is 78.1 Å². The van der Waals surface area contributed by atoms with Crippen LogP contribution in [0.5, 0.6) is 0 Å². The summed E-state index contributed by atoms with van der Waals surface area (Å²) in [6.07, 6.45) is 11.0. The lowest BCUT2D eigenvalue weighted by atomic mass is 10.1. The van der Waals surface area contributed by atoms with Gasteiger partial charge in [-0.05, 0) is 12.8 Å². The fourth-order valence-corrected chi connectivity index (χ4v) is 2.14. The Hall–Kier alpha value is -1.26. The Bertz CT molecular complexity index is 307. The van der Waals surface area contributed by atoms with Gasteiger partial charge < -0.3 is 14.4 Å². The van der Waals surface area contributed by atoms with Gasteiger partial charge in [-0.25, -0.2) is 4.79 Å². The lowest BCUT2D eigenvalue weighted by Gasteiger charge is -2.16. The first-order valence-electron chi connectivity index (χ1n) is 9.15. The summed E-state index contributed by atoms with van der Waals surface area (Å²) in [5.74, 6) is -0.372. The third-order valence-corrected chi connectivity index (χ3v) is 3.66. The molecule has 0 fully saturated rings. The number of esters is 1. The largest absolute Gasteiger partial charge is 0.464 e. The zero-order chi connectivity index (χ0) is 17.3. The number of carbonyl (C=O) groups excluding carboxylic acids is 2. The van der Waals surface area contributed by atoms with E-state index in [4.69, 9.17) is 9.47 Å². The maximum Gasteiger partial charge on any atom is 0.410 e. The van der Waals surface area contributed by atoms with Gasteiger partial charge in [0.05, 0.1) is 13.2 Å². The molecule has 0 aromatic carbocycles. The van der Waals surface area contributed by atoms with Gasteiger partial charge in [0.2, 0.25) is 0 Å². The van der Waals surface area contributed by atoms with E-state index in [1.807, 2.05) is 6.92 Å². The molecule has 0 aromatic rings. The number of amides is 1. The van der Waals surface area contributed by atoms with E-state index in [1.165, 1.54) is 43.4 Å². The highest BCUT2D eigenvalue weighted by atomic mass is 16.6. The Balaban J connectivity index is 3.50. The molecule has 5 nitrogen and oxygen atoms in total. The SMILES string of the molecule is CCCCCCCCCCOC(=O)CN(C)C(=O)OCCCC. The highest BCUT2D eigenvalue weighted by Gasteiger charge is 2.14. The fourth-order valence-electron chi connectivity index (χ4n) is 2.14. The average Bonchev–Trinajstić information content (AvgIpc) is 2.53. The van der Waals surface area contributed by atoms with Crippen molar-refractivity contribution in [3.63, 3.8) is 0 Å². The van der Waals surface area contributed by atoms with Crippen LogP contribution in [0.25, 0.3) is 0 Å². The summed E-state index contributed by atoms with van der Waals surface area (Å²) in [5, 5.41) is 0. The molecule has 0 atom stereocenters. The minimum atomic E-state index is -0.470. The van der Waals surface area contributed by atoms with Crippen LogP contribution in [0.2, 0.25) is 0 Å². The number of hydrogen-bond donors (Lipinski definition) is 0. The highest BCUT2D eigenvalue weighted by Crippen LogP contribution is 2.08. The second-order valence-corrected chi connectivity index (χ2v) is 6.02. The molecule has 0 aliphatic carbocycles. The smallest absolute Gasteiger partial charge is 0.410 e. The summed E-state index contributed by atoms with van der Waals surface area (Å²) < 4.78 is 10.2. The Labute approximate surface area is 141 Å². The fraction of sp³-hybridized carbons (Fsp3) is 0.889. The lowest BCUT2D eigenvalue weighted by molar-refractivity contribution is -0.144. The average molecular weight is 329 g/mol. The van der Waals surface area contributed by atoms with Gasteiger partial charge in [0, 0.05) is 7.05 Å². The van der Waals surface area contributed by atoms with E-state index in [9.17, 15) is 9.59 Å². The molecular formula is C18H35NO4. The molecule has 0 aliphatic heterocycles. The first-order chi connectivity index (χ1) is 11.1. The Kier molecular flexibility index (Phi) is 14.8. The molecule has 0 unspecified atom stereocenters. The molecule has 0 rings (SSSR count). The van der Waals surface area contributed by atoms with Crippen molar-refractivity contribution in [2.24, 2.45) is 0 Å². The lowest BCUT2D eigenvalue weighted by Crippen LogP contribution is -2.33. The number of nitrogens with zero attached hydrogens (tertiary/aromatic N) is 1. The van der Waals surface area contributed by atoms with Crippen molar-refractivity contribution >= 4 is 12.1 Å². The predicted molar refractivity (Wildman–Crippen MR) is 92.5 cm³/mol. The van der Waals surface area contributed by atoms with Crippen molar-refractivity contribution < 1.29 is 19.1 Å². The molecule has 0 N–H and O–H groups in total. The van der Waals surface area contributed by atoms with E-state index in [-0.39, 0.29) is 12.5 Å². The highest BCUT2D eigenvalue weighted by molar-refractivity contribution is 5.77. The summed E-state index contributed by atoms with van der Waals surface area (Å²) >= 11 is 0. The summed E-state index contributed by atoms with van der Waals surface area (Å²) in [7, 11) is 1.55. The number of hydrogen-bond acceptors (Lipinski definition) is 4. The molecule has 23 heavy (non-hydrogen) atoms. The third-order valence-electron chi connectivity index (χ3n) is 3.66. The third kappa shape index (κ3) is 14.1. The maximum atomic E-state index is 11.6. The summed E-state index contributed by atoms with van der Waals surface area (Å²) in [5.41, 5.74) is 0. The zero-order valence-electron chi connectivity index (χ0n) is 15.3. The number of likely N-dealkylation sites (N-methyl/N-ethyl adjacent to an activating group) is 1. The van der Waals surface area contributed by atoms with E-state index in [0.29, 0.717) is 13.2 Å². The van der Waals surface area contributed by atoms with Gasteiger partial charge >= 0.3 is 12.1 Å². The van der Waals surface area contributed by atoms with Crippen LogP contribution in [0.3, 0.4) is 0 Å². The van der Waals surface area contributed by atoms with Gasteiger partial charge in [-0.3, -0.25) is 4.79 Å². The monoisotopic (exact) mass is 329 g/mol. The van der Waals surface area contributed by atoms with Crippen molar-refractivity contribution in [1.82, 2.24) is 4.90 Å². The van der Waals surface area contributed by atoms with Gasteiger partial charge in [-0.15, -0.1) is 0 Å². The summed E-state index contributed by atoms with van der Waals surface area (Å²) in [6.45, 7) is 5.03. The molecule has 0 radical (unpaired) electrons. The van der Waals surface area contributed by atoms with Crippen molar-refractivity contribution in [3.8, 4) is 0 Å². The number of carbonyl (C=O) groups is 2.